The maximum Gasteiger partial charge on any atom is 0.165 e. The minimum Gasteiger partial charge on any atom is -0.387 e. The van der Waals surface area contributed by atoms with Gasteiger partial charge in [0, 0.05) is 65.9 Å². The number of fused-ring (bicyclic) bond motifs is 3. The summed E-state index contributed by atoms with van der Waals surface area (Å²) in [6.45, 7) is 6.88. The van der Waals surface area contributed by atoms with Crippen LogP contribution in [0.15, 0.2) is 53.0 Å². The van der Waals surface area contributed by atoms with Crippen molar-refractivity contribution in [3.63, 3.8) is 0 Å². The molecule has 6 heterocycles. The number of aliphatic imine (C=N–C) groups is 1. The van der Waals surface area contributed by atoms with E-state index in [9.17, 15) is 0 Å². The number of thiazole rings is 1. The van der Waals surface area contributed by atoms with Crippen LogP contribution in [0.2, 0.25) is 0 Å². The summed E-state index contributed by atoms with van der Waals surface area (Å²) in [6, 6.07) is 13.0. The van der Waals surface area contributed by atoms with E-state index in [0.717, 1.165) is 47.6 Å². The fraction of sp³-hybridized carbons (Fsp3) is 0.370. The molecule has 10 heteroatoms. The minimum atomic E-state index is -0.0717. The van der Waals surface area contributed by atoms with Crippen molar-refractivity contribution in [3.05, 3.63) is 58.7 Å². The Hall–Kier alpha value is -3.47. The molecule has 3 aromatic heterocycles. The zero-order valence-corrected chi connectivity index (χ0v) is 21.9. The number of hydrogen-bond donors (Lipinski definition) is 2. The van der Waals surface area contributed by atoms with Gasteiger partial charge in [-0.15, -0.1) is 11.3 Å². The van der Waals surface area contributed by atoms with E-state index >= 15 is 0 Å². The van der Waals surface area contributed by atoms with E-state index in [-0.39, 0.29) is 6.04 Å². The SMILES string of the molecule is Cc1csc(CN2C3CC2CN(c2ccc(-c4nc(N=C(N)CC(C)N)c5ccccc5n4)cn2)C3)n1. The predicted molar refractivity (Wildman–Crippen MR) is 149 cm³/mol. The van der Waals surface area contributed by atoms with Crippen molar-refractivity contribution in [3.8, 4) is 11.4 Å². The zero-order chi connectivity index (χ0) is 25.5. The van der Waals surface area contributed by atoms with Gasteiger partial charge in [-0.1, -0.05) is 12.1 Å². The van der Waals surface area contributed by atoms with Crippen LogP contribution in [0.3, 0.4) is 0 Å². The maximum absolute atomic E-state index is 6.14. The van der Waals surface area contributed by atoms with Crippen molar-refractivity contribution < 1.29 is 0 Å². The summed E-state index contributed by atoms with van der Waals surface area (Å²) in [5, 5.41) is 4.20. The zero-order valence-electron chi connectivity index (χ0n) is 21.1. The molecule has 0 radical (unpaired) electrons. The van der Waals surface area contributed by atoms with Gasteiger partial charge in [0.2, 0.25) is 0 Å². The van der Waals surface area contributed by atoms with Gasteiger partial charge in [-0.05, 0) is 44.5 Å². The molecule has 4 aromatic rings. The minimum absolute atomic E-state index is 0.0717. The maximum atomic E-state index is 6.14. The van der Waals surface area contributed by atoms with Crippen LogP contribution in [0.4, 0.5) is 11.6 Å². The van der Waals surface area contributed by atoms with Crippen LogP contribution >= 0.6 is 11.3 Å². The van der Waals surface area contributed by atoms with E-state index in [4.69, 9.17) is 26.4 Å². The Morgan fingerprint density at radius 1 is 1.14 bits per heavy atom. The molecule has 3 aliphatic rings. The Balaban J connectivity index is 1.20. The predicted octanol–water partition coefficient (Wildman–Crippen LogP) is 3.65. The number of anilines is 1. The topological polar surface area (TPSA) is 122 Å². The number of piperidine rings is 1. The quantitative estimate of drug-likeness (QED) is 0.284. The first-order chi connectivity index (χ1) is 17.9. The summed E-state index contributed by atoms with van der Waals surface area (Å²) in [5.41, 5.74) is 14.8. The van der Waals surface area contributed by atoms with E-state index in [1.165, 1.54) is 11.4 Å². The molecule has 190 valence electrons. The van der Waals surface area contributed by atoms with Gasteiger partial charge in [0.25, 0.3) is 0 Å². The summed E-state index contributed by atoms with van der Waals surface area (Å²) < 4.78 is 0. The number of nitrogens with zero attached hydrogens (tertiary/aromatic N) is 7. The third kappa shape index (κ3) is 4.92. The van der Waals surface area contributed by atoms with Crippen molar-refractivity contribution in [1.82, 2.24) is 24.8 Å². The highest BCUT2D eigenvalue weighted by molar-refractivity contribution is 7.09. The van der Waals surface area contributed by atoms with Crippen LogP contribution in [0.5, 0.6) is 0 Å². The summed E-state index contributed by atoms with van der Waals surface area (Å²) >= 11 is 1.76. The molecular formula is C27H31N9S. The highest BCUT2D eigenvalue weighted by Gasteiger charge is 2.45. The molecule has 0 saturated carbocycles. The van der Waals surface area contributed by atoms with E-state index in [1.807, 2.05) is 43.5 Å². The number of aryl methyl sites for hydroxylation is 1. The van der Waals surface area contributed by atoms with Gasteiger partial charge < -0.3 is 16.4 Å². The lowest BCUT2D eigenvalue weighted by atomic mass is 9.87. The number of para-hydroxylation sites is 1. The molecule has 0 aliphatic carbocycles. The largest absolute Gasteiger partial charge is 0.387 e. The monoisotopic (exact) mass is 513 g/mol. The van der Waals surface area contributed by atoms with Crippen LogP contribution in [0.25, 0.3) is 22.3 Å². The molecule has 4 N–H and O–H groups in total. The summed E-state index contributed by atoms with van der Waals surface area (Å²) in [5.74, 6) is 2.58. The van der Waals surface area contributed by atoms with Gasteiger partial charge in [0.15, 0.2) is 11.6 Å². The Bertz CT molecular complexity index is 1430. The number of piperazine rings is 1. The highest BCUT2D eigenvalue weighted by Crippen LogP contribution is 2.36. The number of benzene rings is 1. The second-order valence-electron chi connectivity index (χ2n) is 10.1. The van der Waals surface area contributed by atoms with Crippen molar-refractivity contribution in [1.29, 1.82) is 0 Å². The van der Waals surface area contributed by atoms with Gasteiger partial charge in [-0.3, -0.25) is 4.90 Å². The van der Waals surface area contributed by atoms with E-state index in [0.29, 0.717) is 36.0 Å². The molecule has 0 spiro atoms. The molecule has 37 heavy (non-hydrogen) atoms. The lowest BCUT2D eigenvalue weighted by Gasteiger charge is -2.56. The van der Waals surface area contributed by atoms with E-state index < -0.39 is 0 Å². The van der Waals surface area contributed by atoms with Crippen molar-refractivity contribution >= 4 is 39.7 Å². The fourth-order valence-electron chi connectivity index (χ4n) is 5.26. The van der Waals surface area contributed by atoms with Crippen LogP contribution in [0, 0.1) is 6.92 Å². The Morgan fingerprint density at radius 2 is 1.95 bits per heavy atom. The molecule has 0 amide bonds. The molecule has 3 saturated heterocycles. The molecule has 3 unspecified atom stereocenters. The van der Waals surface area contributed by atoms with Crippen LogP contribution in [0.1, 0.15) is 30.5 Å². The average Bonchev–Trinajstić information content (AvgIpc) is 3.31. The summed E-state index contributed by atoms with van der Waals surface area (Å²) in [4.78, 5) is 28.5. The number of rotatable bonds is 7. The van der Waals surface area contributed by atoms with Crippen LogP contribution in [-0.4, -0.2) is 61.9 Å². The lowest BCUT2D eigenvalue weighted by molar-refractivity contribution is -0.00874. The highest BCUT2D eigenvalue weighted by atomic mass is 32.1. The number of amidine groups is 1. The van der Waals surface area contributed by atoms with Gasteiger partial charge in [-0.25, -0.2) is 24.9 Å². The van der Waals surface area contributed by atoms with Crippen LogP contribution in [-0.2, 0) is 6.54 Å². The van der Waals surface area contributed by atoms with Gasteiger partial charge >= 0.3 is 0 Å². The third-order valence-electron chi connectivity index (χ3n) is 7.02. The molecule has 2 bridgehead atoms. The molecular weight excluding hydrogens is 482 g/mol. The Morgan fingerprint density at radius 3 is 2.65 bits per heavy atom. The molecule has 3 aliphatic heterocycles. The molecule has 3 fully saturated rings. The second kappa shape index (κ2) is 9.77. The summed E-state index contributed by atoms with van der Waals surface area (Å²) in [6.07, 6.45) is 3.61. The Labute approximate surface area is 220 Å². The standard InChI is InChI=1S/C27H31N9S/c1-16(28)9-23(29)33-27-21-5-3-4-6-22(21)32-26(34-27)18-7-8-24(30-11-18)35-12-19-10-20(13-35)36(19)14-25-31-17(2)15-37-25/h3-8,11,15-16,19-20H,9-10,12-14,28H2,1-2H3,(H2,29,32,33,34). The van der Waals surface area contributed by atoms with E-state index in [1.54, 1.807) is 11.3 Å². The summed E-state index contributed by atoms with van der Waals surface area (Å²) in [7, 11) is 0. The number of nitrogens with two attached hydrogens (primary N) is 2. The average molecular weight is 514 g/mol. The smallest absolute Gasteiger partial charge is 0.165 e. The van der Waals surface area contributed by atoms with Crippen molar-refractivity contribution in [2.45, 2.75) is 51.4 Å². The van der Waals surface area contributed by atoms with E-state index in [2.05, 4.69) is 38.1 Å². The second-order valence-corrected chi connectivity index (χ2v) is 11.0. The first-order valence-electron chi connectivity index (χ1n) is 12.7. The van der Waals surface area contributed by atoms with Crippen molar-refractivity contribution in [2.75, 3.05) is 18.0 Å². The number of hydrogen-bond acceptors (Lipinski definition) is 9. The van der Waals surface area contributed by atoms with Gasteiger partial charge in [0.1, 0.15) is 16.7 Å². The van der Waals surface area contributed by atoms with Gasteiger partial charge in [-0.2, -0.15) is 0 Å². The number of pyridine rings is 1. The first kappa shape index (κ1) is 23.9. The fourth-order valence-corrected chi connectivity index (χ4v) is 6.03. The first-order valence-corrected chi connectivity index (χ1v) is 13.5. The Kier molecular flexibility index (Phi) is 6.31. The van der Waals surface area contributed by atoms with Crippen LogP contribution < -0.4 is 16.4 Å². The number of aromatic nitrogens is 4. The lowest BCUT2D eigenvalue weighted by Crippen LogP contribution is -2.68. The van der Waals surface area contributed by atoms with Crippen molar-refractivity contribution in [2.24, 2.45) is 16.5 Å². The third-order valence-corrected chi connectivity index (χ3v) is 7.97. The van der Waals surface area contributed by atoms with Gasteiger partial charge in [0.05, 0.1) is 12.1 Å². The molecule has 7 rings (SSSR count). The molecule has 1 aromatic carbocycles. The normalized spacial score (nSPS) is 20.7. The molecule has 9 nitrogen and oxygen atoms in total. The molecule has 3 atom stereocenters.